The molecular formula is C24H34N6O2. The normalized spacial score (nSPS) is 19.0. The van der Waals surface area contributed by atoms with E-state index < -0.39 is 0 Å². The molecule has 2 aromatic carbocycles. The first kappa shape index (κ1) is 21.8. The molecule has 2 aliphatic rings. The lowest BCUT2D eigenvalue weighted by Gasteiger charge is -2.43. The van der Waals surface area contributed by atoms with Crippen molar-refractivity contribution < 1.29 is 10.2 Å². The SMILES string of the molecule is CCN(CC)c1ccc(C2NC(=C3NC(c4ccc(N(CC)CC)cc4O)N3)N2)c(O)c1. The molecule has 8 heteroatoms. The lowest BCUT2D eigenvalue weighted by molar-refractivity contribution is 0.307. The summed E-state index contributed by atoms with van der Waals surface area (Å²) in [6, 6.07) is 11.6. The van der Waals surface area contributed by atoms with Crippen LogP contribution in [0.2, 0.25) is 0 Å². The molecule has 2 heterocycles. The minimum Gasteiger partial charge on any atom is -0.507 e. The Balaban J connectivity index is 1.37. The van der Waals surface area contributed by atoms with Crippen molar-refractivity contribution in [1.82, 2.24) is 21.3 Å². The first-order valence-electron chi connectivity index (χ1n) is 11.4. The molecule has 0 spiro atoms. The first-order chi connectivity index (χ1) is 15.5. The standard InChI is InChI=1S/C24H34N6O2/c1-5-29(6-2)15-9-11-17(19(31)13-15)21-25-23(26-21)24-27-22(28-24)18-12-10-16(14-20(18)32)30(7-3)8-4/h9-14,21-22,25-28,31-32H,5-8H2,1-4H3. The molecule has 0 unspecified atom stereocenters. The molecule has 32 heavy (non-hydrogen) atoms. The van der Waals surface area contributed by atoms with E-state index in [4.69, 9.17) is 0 Å². The van der Waals surface area contributed by atoms with Gasteiger partial charge in [-0.05, 0) is 52.0 Å². The van der Waals surface area contributed by atoms with E-state index in [1.54, 1.807) is 0 Å². The van der Waals surface area contributed by atoms with Crippen LogP contribution in [0.1, 0.15) is 51.2 Å². The molecule has 2 aliphatic heterocycles. The Morgan fingerprint density at radius 1 is 0.625 bits per heavy atom. The van der Waals surface area contributed by atoms with Gasteiger partial charge in [0.2, 0.25) is 0 Å². The van der Waals surface area contributed by atoms with Crippen LogP contribution < -0.4 is 31.1 Å². The van der Waals surface area contributed by atoms with E-state index in [9.17, 15) is 10.2 Å². The van der Waals surface area contributed by atoms with Crippen molar-refractivity contribution in [3.63, 3.8) is 0 Å². The van der Waals surface area contributed by atoms with Crippen LogP contribution in [-0.2, 0) is 0 Å². The van der Waals surface area contributed by atoms with Gasteiger partial charge in [-0.1, -0.05) is 0 Å². The second kappa shape index (κ2) is 8.98. The molecule has 0 radical (unpaired) electrons. The van der Waals surface area contributed by atoms with Gasteiger partial charge >= 0.3 is 0 Å². The molecule has 0 bridgehead atoms. The fraction of sp³-hybridized carbons (Fsp3) is 0.417. The fourth-order valence-electron chi connectivity index (χ4n) is 4.30. The molecule has 0 amide bonds. The maximum atomic E-state index is 10.5. The van der Waals surface area contributed by atoms with E-state index >= 15 is 0 Å². The van der Waals surface area contributed by atoms with Crippen molar-refractivity contribution in [2.24, 2.45) is 0 Å². The quantitative estimate of drug-likeness (QED) is 0.375. The van der Waals surface area contributed by atoms with E-state index in [2.05, 4.69) is 58.8 Å². The highest BCUT2D eigenvalue weighted by Gasteiger charge is 2.34. The molecule has 0 aromatic heterocycles. The summed E-state index contributed by atoms with van der Waals surface area (Å²) < 4.78 is 0. The van der Waals surface area contributed by atoms with Gasteiger partial charge < -0.3 is 41.3 Å². The molecule has 4 rings (SSSR count). The zero-order valence-electron chi connectivity index (χ0n) is 19.2. The number of nitrogens with zero attached hydrogens (tertiary/aromatic N) is 2. The number of aromatic hydroxyl groups is 2. The Kier molecular flexibility index (Phi) is 6.12. The Hall–Kier alpha value is -3.42. The van der Waals surface area contributed by atoms with Crippen LogP contribution in [0.25, 0.3) is 0 Å². The predicted molar refractivity (Wildman–Crippen MR) is 128 cm³/mol. The third-order valence-corrected chi connectivity index (χ3v) is 6.31. The van der Waals surface area contributed by atoms with Crippen LogP contribution in [0.4, 0.5) is 11.4 Å². The fourth-order valence-corrected chi connectivity index (χ4v) is 4.30. The maximum absolute atomic E-state index is 10.5. The average Bonchev–Trinajstić information content (AvgIpc) is 2.72. The zero-order chi connectivity index (χ0) is 22.8. The van der Waals surface area contributed by atoms with Crippen molar-refractivity contribution >= 4 is 11.4 Å². The van der Waals surface area contributed by atoms with Gasteiger partial charge in [-0.3, -0.25) is 0 Å². The number of anilines is 2. The summed E-state index contributed by atoms with van der Waals surface area (Å²) in [7, 11) is 0. The van der Waals surface area contributed by atoms with Crippen molar-refractivity contribution in [2.75, 3.05) is 36.0 Å². The Bertz CT molecular complexity index is 904. The van der Waals surface area contributed by atoms with Crippen LogP contribution in [0.3, 0.4) is 0 Å². The van der Waals surface area contributed by atoms with Crippen LogP contribution >= 0.6 is 0 Å². The zero-order valence-corrected chi connectivity index (χ0v) is 19.2. The monoisotopic (exact) mass is 438 g/mol. The van der Waals surface area contributed by atoms with E-state index in [1.807, 2.05) is 36.4 Å². The summed E-state index contributed by atoms with van der Waals surface area (Å²) in [5.41, 5.74) is 3.66. The van der Waals surface area contributed by atoms with Gasteiger partial charge in [-0.15, -0.1) is 0 Å². The van der Waals surface area contributed by atoms with Crippen LogP contribution in [0.5, 0.6) is 11.5 Å². The Morgan fingerprint density at radius 3 is 1.25 bits per heavy atom. The van der Waals surface area contributed by atoms with Gasteiger partial charge in [0.1, 0.15) is 35.5 Å². The van der Waals surface area contributed by atoms with Gasteiger partial charge in [0, 0.05) is 60.8 Å². The maximum Gasteiger partial charge on any atom is 0.144 e. The van der Waals surface area contributed by atoms with Gasteiger partial charge in [0.25, 0.3) is 0 Å². The largest absolute Gasteiger partial charge is 0.507 e. The molecule has 6 N–H and O–H groups in total. The van der Waals surface area contributed by atoms with Crippen LogP contribution in [0.15, 0.2) is 48.0 Å². The van der Waals surface area contributed by atoms with Crippen molar-refractivity contribution in [2.45, 2.75) is 40.0 Å². The first-order valence-corrected chi connectivity index (χ1v) is 11.4. The highest BCUT2D eigenvalue weighted by molar-refractivity contribution is 5.56. The molecule has 2 saturated heterocycles. The predicted octanol–water partition coefficient (Wildman–Crippen LogP) is 3.00. The van der Waals surface area contributed by atoms with Crippen molar-refractivity contribution in [1.29, 1.82) is 0 Å². The third kappa shape index (κ3) is 3.92. The second-order valence-corrected chi connectivity index (χ2v) is 8.02. The minimum atomic E-state index is -0.146. The second-order valence-electron chi connectivity index (χ2n) is 8.02. The summed E-state index contributed by atoms with van der Waals surface area (Å²) >= 11 is 0. The number of rotatable bonds is 8. The van der Waals surface area contributed by atoms with Crippen LogP contribution in [0, 0.1) is 0 Å². The topological polar surface area (TPSA) is 95.1 Å². The van der Waals surface area contributed by atoms with Gasteiger partial charge in [-0.2, -0.15) is 0 Å². The lowest BCUT2D eigenvalue weighted by atomic mass is 10.1. The van der Waals surface area contributed by atoms with Gasteiger partial charge in [0.05, 0.1) is 0 Å². The minimum absolute atomic E-state index is 0.146. The number of hydrogen-bond donors (Lipinski definition) is 6. The number of phenolic OH excluding ortho intramolecular Hbond substituents is 2. The molecule has 2 aromatic rings. The highest BCUT2D eigenvalue weighted by Crippen LogP contribution is 2.35. The Labute approximate surface area is 189 Å². The van der Waals surface area contributed by atoms with Crippen molar-refractivity contribution in [3.8, 4) is 11.5 Å². The number of phenols is 2. The third-order valence-electron chi connectivity index (χ3n) is 6.31. The van der Waals surface area contributed by atoms with E-state index in [-0.39, 0.29) is 23.8 Å². The van der Waals surface area contributed by atoms with E-state index in [0.29, 0.717) is 0 Å². The number of nitrogens with one attached hydrogen (secondary N) is 4. The van der Waals surface area contributed by atoms with Gasteiger partial charge in [-0.25, -0.2) is 0 Å². The molecule has 0 saturated carbocycles. The summed E-state index contributed by atoms with van der Waals surface area (Å²) in [5, 5.41) is 34.4. The number of hydrogen-bond acceptors (Lipinski definition) is 8. The highest BCUT2D eigenvalue weighted by atomic mass is 16.3. The molecule has 2 fully saturated rings. The van der Waals surface area contributed by atoms with Gasteiger partial charge in [0.15, 0.2) is 0 Å². The summed E-state index contributed by atoms with van der Waals surface area (Å²) in [4.78, 5) is 4.40. The smallest absolute Gasteiger partial charge is 0.144 e. The molecule has 0 aliphatic carbocycles. The van der Waals surface area contributed by atoms with E-state index in [1.165, 1.54) is 0 Å². The molecular weight excluding hydrogens is 404 g/mol. The van der Waals surface area contributed by atoms with E-state index in [0.717, 1.165) is 60.3 Å². The molecule has 8 nitrogen and oxygen atoms in total. The number of benzene rings is 2. The molecule has 0 atom stereocenters. The summed E-state index contributed by atoms with van der Waals surface area (Å²) in [5.74, 6) is 2.23. The lowest BCUT2D eigenvalue weighted by Crippen LogP contribution is -2.58. The molecule has 172 valence electrons. The summed E-state index contributed by atoms with van der Waals surface area (Å²) in [6.07, 6.45) is -0.291. The average molecular weight is 439 g/mol. The summed E-state index contributed by atoms with van der Waals surface area (Å²) in [6.45, 7) is 12.0. The van der Waals surface area contributed by atoms with Crippen LogP contribution in [-0.4, -0.2) is 36.4 Å². The van der Waals surface area contributed by atoms with Crippen molar-refractivity contribution in [3.05, 3.63) is 59.2 Å². The Morgan fingerprint density at radius 2 is 0.969 bits per heavy atom.